The summed E-state index contributed by atoms with van der Waals surface area (Å²) in [7, 11) is -2.04. The van der Waals surface area contributed by atoms with E-state index in [-0.39, 0.29) is 29.3 Å². The van der Waals surface area contributed by atoms with Crippen LogP contribution in [0.1, 0.15) is 22.8 Å². The number of amides is 1. The lowest BCUT2D eigenvalue weighted by Crippen LogP contribution is -2.39. The van der Waals surface area contributed by atoms with Gasteiger partial charge in [0.1, 0.15) is 0 Å². The number of hydrogen-bond donors (Lipinski definition) is 2. The van der Waals surface area contributed by atoms with Gasteiger partial charge in [-0.05, 0) is 49.7 Å². The maximum Gasteiger partial charge on any atom is 0.261 e. The number of carbonyl (C=O) groups is 1. The predicted octanol–water partition coefficient (Wildman–Crippen LogP) is 2.64. The summed E-state index contributed by atoms with van der Waals surface area (Å²) in [4.78, 5) is 14.0. The topological polar surface area (TPSA) is 92.5 Å². The van der Waals surface area contributed by atoms with Gasteiger partial charge in [-0.3, -0.25) is 9.52 Å². The number of para-hydroxylation sites is 1. The Bertz CT molecular complexity index is 854. The van der Waals surface area contributed by atoms with Crippen LogP contribution in [0.3, 0.4) is 0 Å². The van der Waals surface area contributed by atoms with Gasteiger partial charge < -0.3 is 10.6 Å². The maximum absolute atomic E-state index is 12.5. The molecule has 26 heavy (non-hydrogen) atoms. The number of rotatable bonds is 6. The summed E-state index contributed by atoms with van der Waals surface area (Å²) in [5.41, 5.74) is 7.34. The Morgan fingerprint density at radius 2 is 1.73 bits per heavy atom. The van der Waals surface area contributed by atoms with E-state index in [1.807, 2.05) is 26.0 Å². The van der Waals surface area contributed by atoms with Gasteiger partial charge in [0, 0.05) is 25.2 Å². The average Bonchev–Trinajstić information content (AvgIpc) is 2.61. The number of benzene rings is 2. The molecule has 1 unspecified atom stereocenters. The van der Waals surface area contributed by atoms with Crippen molar-refractivity contribution in [2.45, 2.75) is 24.8 Å². The van der Waals surface area contributed by atoms with Gasteiger partial charge in [-0.2, -0.15) is 0 Å². The molecule has 2 aromatic rings. The zero-order valence-corrected chi connectivity index (χ0v) is 16.6. The van der Waals surface area contributed by atoms with Crippen LogP contribution in [0.2, 0.25) is 0 Å². The Morgan fingerprint density at radius 3 is 2.27 bits per heavy atom. The van der Waals surface area contributed by atoms with E-state index in [0.717, 1.165) is 5.56 Å². The number of nitrogens with one attached hydrogen (secondary N) is 1. The standard InChI is InChI=1S/C18H23N3O3S.ClH/c1-13-6-4-5-7-17(13)20-25(23,24)16-10-8-15(9-11-16)18(22)21(3)14(2)12-19;/h4-11,14,20H,12,19H2,1-3H3;1H. The minimum absolute atomic E-state index is 0. The van der Waals surface area contributed by atoms with Gasteiger partial charge in [-0.25, -0.2) is 8.42 Å². The SMILES string of the molecule is Cc1ccccc1NS(=O)(=O)c1ccc(C(=O)N(C)C(C)CN)cc1.Cl. The van der Waals surface area contributed by atoms with E-state index in [0.29, 0.717) is 17.8 Å². The number of hydrogen-bond acceptors (Lipinski definition) is 4. The van der Waals surface area contributed by atoms with Crippen LogP contribution in [0, 0.1) is 6.92 Å². The molecule has 0 aliphatic heterocycles. The number of halogens is 1. The van der Waals surface area contributed by atoms with Crippen LogP contribution < -0.4 is 10.5 Å². The van der Waals surface area contributed by atoms with Gasteiger partial charge >= 0.3 is 0 Å². The first-order chi connectivity index (χ1) is 11.8. The van der Waals surface area contributed by atoms with E-state index in [1.165, 1.54) is 29.2 Å². The van der Waals surface area contributed by atoms with Crippen molar-refractivity contribution in [2.75, 3.05) is 18.3 Å². The Balaban J connectivity index is 0.00000338. The Kier molecular flexibility index (Phi) is 7.62. The van der Waals surface area contributed by atoms with E-state index in [2.05, 4.69) is 4.72 Å². The second-order valence-electron chi connectivity index (χ2n) is 5.95. The minimum Gasteiger partial charge on any atom is -0.338 e. The first-order valence-electron chi connectivity index (χ1n) is 7.92. The van der Waals surface area contributed by atoms with Crippen LogP contribution in [0.25, 0.3) is 0 Å². The maximum atomic E-state index is 12.5. The number of nitrogens with two attached hydrogens (primary N) is 1. The molecule has 8 heteroatoms. The second kappa shape index (κ2) is 9.02. The fraction of sp³-hybridized carbons (Fsp3) is 0.278. The first kappa shape index (κ1) is 22.0. The molecule has 2 rings (SSSR count). The normalized spacial score (nSPS) is 12.0. The number of nitrogens with zero attached hydrogens (tertiary/aromatic N) is 1. The number of carbonyl (C=O) groups excluding carboxylic acids is 1. The lowest BCUT2D eigenvalue weighted by molar-refractivity contribution is 0.0748. The average molecular weight is 398 g/mol. The summed E-state index contributed by atoms with van der Waals surface area (Å²) in [5.74, 6) is -0.200. The Labute approximate surface area is 160 Å². The van der Waals surface area contributed by atoms with E-state index in [9.17, 15) is 13.2 Å². The molecule has 0 aromatic heterocycles. The molecule has 1 amide bonds. The number of likely N-dealkylation sites (N-methyl/N-ethyl adjacent to an activating group) is 1. The van der Waals surface area contributed by atoms with Crippen molar-refractivity contribution in [2.24, 2.45) is 5.73 Å². The quantitative estimate of drug-likeness (QED) is 0.783. The van der Waals surface area contributed by atoms with Crippen molar-refractivity contribution in [3.05, 3.63) is 59.7 Å². The fourth-order valence-corrected chi connectivity index (χ4v) is 3.36. The summed E-state index contributed by atoms with van der Waals surface area (Å²) < 4.78 is 27.6. The highest BCUT2D eigenvalue weighted by molar-refractivity contribution is 7.92. The third kappa shape index (κ3) is 4.97. The van der Waals surface area contributed by atoms with Crippen molar-refractivity contribution in [3.63, 3.8) is 0 Å². The smallest absolute Gasteiger partial charge is 0.261 e. The zero-order chi connectivity index (χ0) is 18.6. The van der Waals surface area contributed by atoms with Crippen LogP contribution in [-0.4, -0.2) is 38.9 Å². The molecule has 0 bridgehead atoms. The molecule has 0 aliphatic rings. The molecular formula is C18H24ClN3O3S. The van der Waals surface area contributed by atoms with E-state index >= 15 is 0 Å². The Morgan fingerprint density at radius 1 is 1.15 bits per heavy atom. The molecule has 0 heterocycles. The number of sulfonamides is 1. The molecule has 1 atom stereocenters. The van der Waals surface area contributed by atoms with E-state index < -0.39 is 10.0 Å². The van der Waals surface area contributed by atoms with Crippen molar-refractivity contribution in [1.29, 1.82) is 0 Å². The van der Waals surface area contributed by atoms with Gasteiger partial charge in [0.15, 0.2) is 0 Å². The first-order valence-corrected chi connectivity index (χ1v) is 9.40. The highest BCUT2D eigenvalue weighted by Crippen LogP contribution is 2.20. The van der Waals surface area contributed by atoms with Gasteiger partial charge in [0.25, 0.3) is 15.9 Å². The summed E-state index contributed by atoms with van der Waals surface area (Å²) in [5, 5.41) is 0. The molecule has 2 aromatic carbocycles. The third-order valence-electron chi connectivity index (χ3n) is 4.12. The third-order valence-corrected chi connectivity index (χ3v) is 5.50. The van der Waals surface area contributed by atoms with Crippen LogP contribution >= 0.6 is 12.4 Å². The second-order valence-corrected chi connectivity index (χ2v) is 7.63. The zero-order valence-electron chi connectivity index (χ0n) is 15.0. The highest BCUT2D eigenvalue weighted by atomic mass is 35.5. The number of aryl methyl sites for hydroxylation is 1. The van der Waals surface area contributed by atoms with Gasteiger partial charge in [-0.1, -0.05) is 18.2 Å². The van der Waals surface area contributed by atoms with Crippen molar-refractivity contribution >= 4 is 34.0 Å². The highest BCUT2D eigenvalue weighted by Gasteiger charge is 2.19. The predicted molar refractivity (Wildman–Crippen MR) is 106 cm³/mol. The molecular weight excluding hydrogens is 374 g/mol. The molecule has 0 aliphatic carbocycles. The van der Waals surface area contributed by atoms with Gasteiger partial charge in [-0.15, -0.1) is 12.4 Å². The monoisotopic (exact) mass is 397 g/mol. The summed E-state index contributed by atoms with van der Waals surface area (Å²) in [6.07, 6.45) is 0. The largest absolute Gasteiger partial charge is 0.338 e. The molecule has 0 fully saturated rings. The van der Waals surface area contributed by atoms with E-state index in [4.69, 9.17) is 5.73 Å². The van der Waals surface area contributed by atoms with Crippen LogP contribution in [0.5, 0.6) is 0 Å². The molecule has 0 saturated carbocycles. The molecule has 3 N–H and O–H groups in total. The Hall–Kier alpha value is -2.09. The van der Waals surface area contributed by atoms with Crippen molar-refractivity contribution in [3.8, 4) is 0 Å². The summed E-state index contributed by atoms with van der Waals surface area (Å²) in [6, 6.07) is 12.9. The molecule has 0 radical (unpaired) electrons. The van der Waals surface area contributed by atoms with E-state index in [1.54, 1.807) is 19.2 Å². The van der Waals surface area contributed by atoms with Gasteiger partial charge in [0.2, 0.25) is 0 Å². The van der Waals surface area contributed by atoms with Crippen LogP contribution in [0.4, 0.5) is 5.69 Å². The fourth-order valence-electron chi connectivity index (χ4n) is 2.23. The minimum atomic E-state index is -3.71. The number of anilines is 1. The summed E-state index contributed by atoms with van der Waals surface area (Å²) in [6.45, 7) is 4.03. The van der Waals surface area contributed by atoms with Crippen LogP contribution in [-0.2, 0) is 10.0 Å². The molecule has 6 nitrogen and oxygen atoms in total. The van der Waals surface area contributed by atoms with Crippen molar-refractivity contribution in [1.82, 2.24) is 4.90 Å². The molecule has 0 spiro atoms. The lowest BCUT2D eigenvalue weighted by Gasteiger charge is -2.23. The van der Waals surface area contributed by atoms with Crippen molar-refractivity contribution < 1.29 is 13.2 Å². The lowest BCUT2D eigenvalue weighted by atomic mass is 10.2. The molecule has 142 valence electrons. The summed E-state index contributed by atoms with van der Waals surface area (Å²) >= 11 is 0. The molecule has 0 saturated heterocycles. The van der Waals surface area contributed by atoms with Gasteiger partial charge in [0.05, 0.1) is 10.6 Å². The van der Waals surface area contributed by atoms with Crippen LogP contribution in [0.15, 0.2) is 53.4 Å².